The molecule has 0 spiro atoms. The molecule has 220 valence electrons. The first-order valence-electron chi connectivity index (χ1n) is 13.9. The standard InChI is InChI=1S/C31H41N5O5/c1-29(2,3)41-28(39)33-30(4,5)27(38)32-24(20-40-19-22-12-8-6-9-13-22)26-35-34-25-18-31(21-37,16-17-36(25)26)23-14-10-7-11-15-23/h6-15,24,37H,16-21H2,1-5H3,(H,32,38)(H,33,39)/t24-,31?/m1/s1. The maximum atomic E-state index is 13.5. The van der Waals surface area contributed by atoms with E-state index in [9.17, 15) is 14.7 Å². The van der Waals surface area contributed by atoms with Gasteiger partial charge in [0.1, 0.15) is 23.0 Å². The molecule has 41 heavy (non-hydrogen) atoms. The Morgan fingerprint density at radius 2 is 1.68 bits per heavy atom. The van der Waals surface area contributed by atoms with Gasteiger partial charge in [0, 0.05) is 18.4 Å². The molecular formula is C31H41N5O5. The van der Waals surface area contributed by atoms with Gasteiger partial charge in [0.15, 0.2) is 5.82 Å². The minimum atomic E-state index is -1.27. The average molecular weight is 564 g/mol. The smallest absolute Gasteiger partial charge is 0.408 e. The van der Waals surface area contributed by atoms with Gasteiger partial charge in [-0.3, -0.25) is 4.79 Å². The highest BCUT2D eigenvalue weighted by molar-refractivity contribution is 5.89. The van der Waals surface area contributed by atoms with E-state index in [4.69, 9.17) is 9.47 Å². The van der Waals surface area contributed by atoms with E-state index < -0.39 is 34.6 Å². The second kappa shape index (κ2) is 12.4. The number of aliphatic hydroxyl groups is 1. The van der Waals surface area contributed by atoms with Crippen molar-refractivity contribution in [3.8, 4) is 0 Å². The molecule has 0 bridgehead atoms. The maximum absolute atomic E-state index is 13.5. The zero-order chi connectivity index (χ0) is 29.7. The molecule has 1 unspecified atom stereocenters. The minimum absolute atomic E-state index is 0.00984. The van der Waals surface area contributed by atoms with Crippen LogP contribution in [0, 0.1) is 0 Å². The van der Waals surface area contributed by atoms with Crippen LogP contribution in [0.25, 0.3) is 0 Å². The van der Waals surface area contributed by atoms with Gasteiger partial charge in [0.05, 0.1) is 19.8 Å². The summed E-state index contributed by atoms with van der Waals surface area (Å²) in [4.78, 5) is 25.9. The number of nitrogens with zero attached hydrogens (tertiary/aromatic N) is 3. The van der Waals surface area contributed by atoms with Crippen molar-refractivity contribution in [2.45, 2.75) is 83.2 Å². The van der Waals surface area contributed by atoms with Gasteiger partial charge in [-0.05, 0) is 52.2 Å². The molecule has 0 saturated carbocycles. The molecule has 0 fully saturated rings. The van der Waals surface area contributed by atoms with Crippen molar-refractivity contribution < 1.29 is 24.2 Å². The van der Waals surface area contributed by atoms with Gasteiger partial charge in [-0.25, -0.2) is 4.79 Å². The summed E-state index contributed by atoms with van der Waals surface area (Å²) in [5.74, 6) is 0.880. The number of nitrogens with one attached hydrogen (secondary N) is 2. The van der Waals surface area contributed by atoms with Crippen molar-refractivity contribution in [2.24, 2.45) is 0 Å². The number of hydrogen-bond donors (Lipinski definition) is 3. The highest BCUT2D eigenvalue weighted by atomic mass is 16.6. The fourth-order valence-electron chi connectivity index (χ4n) is 4.97. The topological polar surface area (TPSA) is 128 Å². The summed E-state index contributed by atoms with van der Waals surface area (Å²) in [6.07, 6.45) is 0.510. The number of ether oxygens (including phenoxy) is 2. The van der Waals surface area contributed by atoms with Crippen LogP contribution in [0.15, 0.2) is 60.7 Å². The number of rotatable bonds is 10. The van der Waals surface area contributed by atoms with E-state index in [0.29, 0.717) is 31.8 Å². The van der Waals surface area contributed by atoms with Gasteiger partial charge in [-0.2, -0.15) is 0 Å². The summed E-state index contributed by atoms with van der Waals surface area (Å²) in [7, 11) is 0. The molecule has 0 radical (unpaired) electrons. The Labute approximate surface area is 241 Å². The molecule has 2 amide bonds. The van der Waals surface area contributed by atoms with Crippen LogP contribution in [0.2, 0.25) is 0 Å². The van der Waals surface area contributed by atoms with Gasteiger partial charge in [-0.1, -0.05) is 60.7 Å². The third-order valence-electron chi connectivity index (χ3n) is 7.25. The van der Waals surface area contributed by atoms with E-state index in [0.717, 1.165) is 17.0 Å². The Hall–Kier alpha value is -3.76. The number of hydrogen-bond acceptors (Lipinski definition) is 7. The molecule has 10 nitrogen and oxygen atoms in total. The highest BCUT2D eigenvalue weighted by Gasteiger charge is 2.40. The van der Waals surface area contributed by atoms with Gasteiger partial charge in [0.25, 0.3) is 0 Å². The van der Waals surface area contributed by atoms with E-state index >= 15 is 0 Å². The lowest BCUT2D eigenvalue weighted by atomic mass is 9.74. The Balaban J connectivity index is 1.55. The van der Waals surface area contributed by atoms with Gasteiger partial charge < -0.3 is 29.8 Å². The Morgan fingerprint density at radius 1 is 1.02 bits per heavy atom. The van der Waals surface area contributed by atoms with E-state index in [-0.39, 0.29) is 13.2 Å². The largest absolute Gasteiger partial charge is 0.444 e. The lowest BCUT2D eigenvalue weighted by Gasteiger charge is -2.37. The second-order valence-corrected chi connectivity index (χ2v) is 12.1. The molecule has 0 aliphatic carbocycles. The minimum Gasteiger partial charge on any atom is -0.444 e. The van der Waals surface area contributed by atoms with Crippen molar-refractivity contribution in [2.75, 3.05) is 13.2 Å². The molecule has 2 atom stereocenters. The molecule has 1 aromatic heterocycles. The first-order valence-corrected chi connectivity index (χ1v) is 13.9. The summed E-state index contributed by atoms with van der Waals surface area (Å²) < 4.78 is 13.4. The molecule has 2 aromatic carbocycles. The first kappa shape index (κ1) is 30.2. The predicted octanol–water partition coefficient (Wildman–Crippen LogP) is 3.83. The molecular weight excluding hydrogens is 522 g/mol. The lowest BCUT2D eigenvalue weighted by molar-refractivity contribution is -0.127. The number of fused-ring (bicyclic) bond motifs is 1. The number of alkyl carbamates (subject to hydrolysis) is 1. The van der Waals surface area contributed by atoms with Crippen LogP contribution in [0.5, 0.6) is 0 Å². The normalized spacial score (nSPS) is 17.8. The predicted molar refractivity (Wildman–Crippen MR) is 154 cm³/mol. The quantitative estimate of drug-likeness (QED) is 0.342. The molecule has 10 heteroatoms. The molecule has 1 aliphatic rings. The number of carbonyl (C=O) groups excluding carboxylic acids is 2. The summed E-state index contributed by atoms with van der Waals surface area (Å²) in [6.45, 7) is 9.57. The van der Waals surface area contributed by atoms with Crippen LogP contribution >= 0.6 is 0 Å². The average Bonchev–Trinajstić information content (AvgIpc) is 3.34. The van der Waals surface area contributed by atoms with E-state index in [1.807, 2.05) is 65.2 Å². The van der Waals surface area contributed by atoms with Crippen molar-refractivity contribution >= 4 is 12.0 Å². The number of aliphatic hydroxyl groups excluding tert-OH is 1. The first-order chi connectivity index (χ1) is 19.4. The monoisotopic (exact) mass is 563 g/mol. The van der Waals surface area contributed by atoms with E-state index in [1.54, 1.807) is 34.6 Å². The van der Waals surface area contributed by atoms with Crippen LogP contribution in [-0.4, -0.2) is 56.2 Å². The van der Waals surface area contributed by atoms with Crippen LogP contribution in [-0.2, 0) is 39.3 Å². The van der Waals surface area contributed by atoms with E-state index in [2.05, 4.69) is 20.8 Å². The Kier molecular flexibility index (Phi) is 9.14. The molecule has 2 heterocycles. The molecule has 0 saturated heterocycles. The fourth-order valence-corrected chi connectivity index (χ4v) is 4.97. The number of amides is 2. The summed E-state index contributed by atoms with van der Waals surface area (Å²) >= 11 is 0. The fraction of sp³-hybridized carbons (Fsp3) is 0.484. The van der Waals surface area contributed by atoms with Crippen LogP contribution in [0.3, 0.4) is 0 Å². The second-order valence-electron chi connectivity index (χ2n) is 12.1. The third-order valence-corrected chi connectivity index (χ3v) is 7.25. The van der Waals surface area contributed by atoms with Crippen LogP contribution in [0.1, 0.15) is 69.9 Å². The van der Waals surface area contributed by atoms with Gasteiger partial charge in [-0.15, -0.1) is 10.2 Å². The Bertz CT molecular complexity index is 1320. The van der Waals surface area contributed by atoms with Crippen LogP contribution in [0.4, 0.5) is 4.79 Å². The zero-order valence-corrected chi connectivity index (χ0v) is 24.5. The van der Waals surface area contributed by atoms with Crippen molar-refractivity contribution in [3.05, 3.63) is 83.4 Å². The summed E-state index contributed by atoms with van der Waals surface area (Å²) in [5, 5.41) is 25.1. The summed E-state index contributed by atoms with van der Waals surface area (Å²) in [5.41, 5.74) is -0.366. The lowest BCUT2D eigenvalue weighted by Crippen LogP contribution is -2.56. The Morgan fingerprint density at radius 3 is 2.32 bits per heavy atom. The zero-order valence-electron chi connectivity index (χ0n) is 24.5. The van der Waals surface area contributed by atoms with Crippen LogP contribution < -0.4 is 10.6 Å². The van der Waals surface area contributed by atoms with Crippen molar-refractivity contribution in [1.29, 1.82) is 0 Å². The van der Waals surface area contributed by atoms with Crippen molar-refractivity contribution in [1.82, 2.24) is 25.4 Å². The molecule has 3 aromatic rings. The van der Waals surface area contributed by atoms with Gasteiger partial charge in [0.2, 0.25) is 5.91 Å². The number of benzene rings is 2. The number of aromatic nitrogens is 3. The van der Waals surface area contributed by atoms with E-state index in [1.165, 1.54) is 0 Å². The van der Waals surface area contributed by atoms with Gasteiger partial charge >= 0.3 is 6.09 Å². The number of carbonyl (C=O) groups is 2. The highest BCUT2D eigenvalue weighted by Crippen LogP contribution is 2.36. The molecule has 4 rings (SSSR count). The third kappa shape index (κ3) is 7.51. The molecule has 1 aliphatic heterocycles. The maximum Gasteiger partial charge on any atom is 0.408 e. The van der Waals surface area contributed by atoms with Crippen molar-refractivity contribution in [3.63, 3.8) is 0 Å². The SMILES string of the molecule is CC(C)(C)OC(=O)NC(C)(C)C(=O)N[C@H](COCc1ccccc1)c1nnc2n1CCC(CO)(c1ccccc1)C2. The molecule has 3 N–H and O–H groups in total. The summed E-state index contributed by atoms with van der Waals surface area (Å²) in [6, 6.07) is 19.1.